The Morgan fingerprint density at radius 1 is 1.25 bits per heavy atom. The third kappa shape index (κ3) is 3.37. The smallest absolute Gasteiger partial charge is 0.262 e. The molecule has 0 bridgehead atoms. The summed E-state index contributed by atoms with van der Waals surface area (Å²) in [5, 5.41) is 4.37. The minimum absolute atomic E-state index is 0.00229. The number of nitrogens with one attached hydrogen (secondary N) is 1. The molecule has 0 atom stereocenters. The zero-order valence-corrected chi connectivity index (χ0v) is 18.1. The molecule has 28 heavy (non-hydrogen) atoms. The average molecular weight is 414 g/mol. The number of aromatic nitrogens is 2. The number of benzene rings is 1. The first-order chi connectivity index (χ1) is 13.3. The Hall–Kier alpha value is -2.12. The van der Waals surface area contributed by atoms with Gasteiger partial charge in [0, 0.05) is 17.6 Å². The number of hydrogen-bond acceptors (Lipinski definition) is 5. The summed E-state index contributed by atoms with van der Waals surface area (Å²) in [6, 6.07) is 4.12. The van der Waals surface area contributed by atoms with Crippen molar-refractivity contribution in [2.45, 2.75) is 45.2 Å². The molecule has 1 aliphatic rings. The van der Waals surface area contributed by atoms with Gasteiger partial charge in [-0.05, 0) is 56.7 Å². The lowest BCUT2D eigenvalue weighted by molar-refractivity contribution is -0.113. The molecule has 1 aromatic carbocycles. The van der Waals surface area contributed by atoms with Crippen LogP contribution in [0.2, 0.25) is 0 Å². The van der Waals surface area contributed by atoms with E-state index in [1.54, 1.807) is 23.0 Å². The largest absolute Gasteiger partial charge is 0.325 e. The van der Waals surface area contributed by atoms with E-state index in [2.05, 4.69) is 22.4 Å². The van der Waals surface area contributed by atoms with Gasteiger partial charge < -0.3 is 5.32 Å². The molecule has 2 heterocycles. The number of carbonyl (C=O) groups excluding carboxylic acids is 1. The predicted octanol–water partition coefficient (Wildman–Crippen LogP) is 4.14. The van der Waals surface area contributed by atoms with Crippen molar-refractivity contribution in [3.05, 3.63) is 49.6 Å². The molecule has 4 rings (SSSR count). The van der Waals surface area contributed by atoms with Crippen LogP contribution in [0.3, 0.4) is 0 Å². The van der Waals surface area contributed by atoms with Crippen LogP contribution >= 0.6 is 23.1 Å². The van der Waals surface area contributed by atoms with E-state index in [0.717, 1.165) is 46.3 Å². The molecule has 0 aliphatic heterocycles. The zero-order chi connectivity index (χ0) is 20.0. The molecule has 1 aliphatic carbocycles. The van der Waals surface area contributed by atoms with Crippen molar-refractivity contribution in [1.29, 1.82) is 0 Å². The highest BCUT2D eigenvalue weighted by Crippen LogP contribution is 2.35. The molecule has 0 unspecified atom stereocenters. The summed E-state index contributed by atoms with van der Waals surface area (Å²) in [6.07, 6.45) is 3.13. The van der Waals surface area contributed by atoms with Crippen molar-refractivity contribution < 1.29 is 4.79 Å². The van der Waals surface area contributed by atoms with Crippen molar-refractivity contribution in [3.8, 4) is 0 Å². The summed E-state index contributed by atoms with van der Waals surface area (Å²) in [7, 11) is 1.74. The topological polar surface area (TPSA) is 64.0 Å². The molecule has 2 aromatic heterocycles. The van der Waals surface area contributed by atoms with Gasteiger partial charge in [0.25, 0.3) is 5.56 Å². The minimum atomic E-state index is -0.0944. The minimum Gasteiger partial charge on any atom is -0.325 e. The van der Waals surface area contributed by atoms with Gasteiger partial charge in [-0.25, -0.2) is 4.98 Å². The van der Waals surface area contributed by atoms with Gasteiger partial charge in [-0.2, -0.15) is 0 Å². The van der Waals surface area contributed by atoms with Crippen molar-refractivity contribution >= 4 is 44.9 Å². The van der Waals surface area contributed by atoms with Crippen molar-refractivity contribution in [2.75, 3.05) is 11.1 Å². The molecular weight excluding hydrogens is 390 g/mol. The highest BCUT2D eigenvalue weighted by atomic mass is 32.2. The van der Waals surface area contributed by atoms with Gasteiger partial charge in [0.1, 0.15) is 4.83 Å². The van der Waals surface area contributed by atoms with Gasteiger partial charge in [-0.1, -0.05) is 29.5 Å². The van der Waals surface area contributed by atoms with Crippen LogP contribution in [-0.4, -0.2) is 21.2 Å². The van der Waals surface area contributed by atoms with Crippen LogP contribution in [0, 0.1) is 20.8 Å². The van der Waals surface area contributed by atoms with Gasteiger partial charge in [-0.3, -0.25) is 14.2 Å². The summed E-state index contributed by atoms with van der Waals surface area (Å²) in [4.78, 5) is 32.1. The summed E-state index contributed by atoms with van der Waals surface area (Å²) < 4.78 is 1.58. The Labute approximate surface area is 172 Å². The lowest BCUT2D eigenvalue weighted by Crippen LogP contribution is -2.21. The molecule has 0 fully saturated rings. The van der Waals surface area contributed by atoms with Crippen LogP contribution < -0.4 is 10.9 Å². The third-order valence-corrected chi connectivity index (χ3v) is 7.39. The third-order valence-electron chi connectivity index (χ3n) is 5.18. The number of amides is 1. The first kappa shape index (κ1) is 19.2. The second-order valence-corrected chi connectivity index (χ2v) is 9.43. The number of fused-ring (bicyclic) bond motifs is 3. The van der Waals surface area contributed by atoms with Crippen molar-refractivity contribution in [3.63, 3.8) is 0 Å². The van der Waals surface area contributed by atoms with Crippen LogP contribution in [0.5, 0.6) is 0 Å². The van der Waals surface area contributed by atoms with Crippen LogP contribution in [0.1, 0.15) is 33.6 Å². The molecule has 1 N–H and O–H groups in total. The Morgan fingerprint density at radius 3 is 2.68 bits per heavy atom. The Bertz CT molecular complexity index is 1140. The number of anilines is 1. The van der Waals surface area contributed by atoms with Crippen LogP contribution in [0.25, 0.3) is 10.2 Å². The van der Waals surface area contributed by atoms with Crippen molar-refractivity contribution in [1.82, 2.24) is 9.55 Å². The van der Waals surface area contributed by atoms with Gasteiger partial charge in [-0.15, -0.1) is 11.3 Å². The van der Waals surface area contributed by atoms with E-state index < -0.39 is 0 Å². The second-order valence-electron chi connectivity index (χ2n) is 7.41. The molecule has 7 heteroatoms. The maximum atomic E-state index is 12.8. The molecular formula is C21H23N3O2S2. The summed E-state index contributed by atoms with van der Waals surface area (Å²) >= 11 is 2.93. The first-order valence-corrected chi connectivity index (χ1v) is 11.2. The van der Waals surface area contributed by atoms with E-state index in [-0.39, 0.29) is 17.2 Å². The number of aryl methyl sites for hydroxylation is 5. The molecule has 5 nitrogen and oxygen atoms in total. The maximum absolute atomic E-state index is 12.8. The van der Waals surface area contributed by atoms with Gasteiger partial charge in [0.2, 0.25) is 5.91 Å². The molecule has 0 saturated heterocycles. The standard InChI is InChI=1S/C21H23N3O2S2/c1-11-8-12(2)18(13(3)9-11)22-16(25)10-27-21-23-19-17(20(26)24(21)4)14-6-5-7-15(14)28-19/h8-9H,5-7,10H2,1-4H3,(H,22,25). The maximum Gasteiger partial charge on any atom is 0.262 e. The van der Waals surface area contributed by atoms with E-state index in [1.807, 2.05) is 20.8 Å². The fourth-order valence-electron chi connectivity index (χ4n) is 3.92. The summed E-state index contributed by atoms with van der Waals surface area (Å²) in [5.74, 6) is 0.118. The summed E-state index contributed by atoms with van der Waals surface area (Å²) in [5.41, 5.74) is 5.33. The van der Waals surface area contributed by atoms with Crippen LogP contribution in [0.4, 0.5) is 5.69 Å². The Morgan fingerprint density at radius 2 is 1.96 bits per heavy atom. The van der Waals surface area contributed by atoms with Gasteiger partial charge in [0.15, 0.2) is 5.16 Å². The van der Waals surface area contributed by atoms with E-state index in [1.165, 1.54) is 27.8 Å². The number of hydrogen-bond donors (Lipinski definition) is 1. The predicted molar refractivity (Wildman–Crippen MR) is 117 cm³/mol. The van der Waals surface area contributed by atoms with Gasteiger partial charge >= 0.3 is 0 Å². The molecule has 3 aromatic rings. The number of thioether (sulfide) groups is 1. The molecule has 0 saturated carbocycles. The lowest BCUT2D eigenvalue weighted by atomic mass is 10.1. The van der Waals surface area contributed by atoms with Crippen molar-refractivity contribution in [2.24, 2.45) is 7.05 Å². The molecule has 0 radical (unpaired) electrons. The number of thiophene rings is 1. The summed E-state index contributed by atoms with van der Waals surface area (Å²) in [6.45, 7) is 6.04. The second kappa shape index (κ2) is 7.37. The lowest BCUT2D eigenvalue weighted by Gasteiger charge is -2.13. The fraction of sp³-hybridized carbons (Fsp3) is 0.381. The molecule has 146 valence electrons. The normalized spacial score (nSPS) is 13.1. The highest BCUT2D eigenvalue weighted by Gasteiger charge is 2.22. The first-order valence-electron chi connectivity index (χ1n) is 9.37. The van der Waals surface area contributed by atoms with E-state index >= 15 is 0 Å². The van der Waals surface area contributed by atoms with E-state index in [4.69, 9.17) is 0 Å². The van der Waals surface area contributed by atoms with E-state index in [0.29, 0.717) is 5.16 Å². The van der Waals surface area contributed by atoms with E-state index in [9.17, 15) is 9.59 Å². The quantitative estimate of drug-likeness (QED) is 0.516. The average Bonchev–Trinajstić information content (AvgIpc) is 3.20. The molecule has 1 amide bonds. The fourth-order valence-corrected chi connectivity index (χ4v) is 5.99. The number of rotatable bonds is 4. The SMILES string of the molecule is Cc1cc(C)c(NC(=O)CSc2nc3sc4c(c3c(=O)n2C)CCC4)c(C)c1. The van der Waals surface area contributed by atoms with Gasteiger partial charge in [0.05, 0.1) is 11.1 Å². The number of carbonyl (C=O) groups is 1. The number of nitrogens with zero attached hydrogens (tertiary/aromatic N) is 2. The molecule has 0 spiro atoms. The Kier molecular flexibility index (Phi) is 5.05. The monoisotopic (exact) mass is 413 g/mol. The Balaban J connectivity index is 1.54. The highest BCUT2D eigenvalue weighted by molar-refractivity contribution is 7.99. The van der Waals surface area contributed by atoms with Crippen LogP contribution in [-0.2, 0) is 24.7 Å². The van der Waals surface area contributed by atoms with Crippen LogP contribution in [0.15, 0.2) is 22.1 Å². The zero-order valence-electron chi connectivity index (χ0n) is 16.5.